The molecule has 1 unspecified atom stereocenters. The van der Waals surface area contributed by atoms with Crippen molar-refractivity contribution < 1.29 is 0 Å². The number of pyridine rings is 1. The van der Waals surface area contributed by atoms with Crippen molar-refractivity contribution in [2.24, 2.45) is 5.92 Å². The molecular formula is C15H18N2S. The standard InChI is InChI=1S/C15H18N2S/c1-11-8-13-4-2-3-5-14(13)17-15(11)16-9-12-6-7-18-10-12/h2-5,8,12H,6-7,9-10H2,1H3,(H,16,17). The summed E-state index contributed by atoms with van der Waals surface area (Å²) in [6.45, 7) is 3.18. The number of rotatable bonds is 3. The summed E-state index contributed by atoms with van der Waals surface area (Å²) < 4.78 is 0. The Hall–Kier alpha value is -1.22. The van der Waals surface area contributed by atoms with Crippen molar-refractivity contribution in [3.63, 3.8) is 0 Å². The molecule has 1 atom stereocenters. The van der Waals surface area contributed by atoms with Gasteiger partial charge in [0.05, 0.1) is 5.52 Å². The summed E-state index contributed by atoms with van der Waals surface area (Å²) in [6.07, 6.45) is 1.34. The van der Waals surface area contributed by atoms with E-state index in [-0.39, 0.29) is 0 Å². The Morgan fingerprint density at radius 3 is 3.11 bits per heavy atom. The quantitative estimate of drug-likeness (QED) is 0.908. The SMILES string of the molecule is Cc1cc2ccccc2nc1NCC1CCSC1. The van der Waals surface area contributed by atoms with E-state index < -0.39 is 0 Å². The largest absolute Gasteiger partial charge is 0.370 e. The van der Waals surface area contributed by atoms with Crippen molar-refractivity contribution in [2.45, 2.75) is 13.3 Å². The van der Waals surface area contributed by atoms with Gasteiger partial charge >= 0.3 is 0 Å². The van der Waals surface area contributed by atoms with Crippen LogP contribution in [0.4, 0.5) is 5.82 Å². The third kappa shape index (κ3) is 2.46. The second-order valence-electron chi connectivity index (χ2n) is 4.96. The predicted molar refractivity (Wildman–Crippen MR) is 80.4 cm³/mol. The van der Waals surface area contributed by atoms with Crippen LogP contribution in [0.3, 0.4) is 0 Å². The molecule has 0 spiro atoms. The molecule has 1 aromatic heterocycles. The van der Waals surface area contributed by atoms with Crippen LogP contribution in [0.1, 0.15) is 12.0 Å². The smallest absolute Gasteiger partial charge is 0.129 e. The summed E-state index contributed by atoms with van der Waals surface area (Å²) in [5.41, 5.74) is 2.31. The number of fused-ring (bicyclic) bond motifs is 1. The van der Waals surface area contributed by atoms with Gasteiger partial charge in [0.2, 0.25) is 0 Å². The fraction of sp³-hybridized carbons (Fsp3) is 0.400. The second kappa shape index (κ2) is 5.19. The van der Waals surface area contributed by atoms with E-state index in [9.17, 15) is 0 Å². The lowest BCUT2D eigenvalue weighted by Crippen LogP contribution is -2.15. The van der Waals surface area contributed by atoms with E-state index in [4.69, 9.17) is 4.98 Å². The first kappa shape index (κ1) is 11.8. The van der Waals surface area contributed by atoms with Crippen molar-refractivity contribution in [1.82, 2.24) is 4.98 Å². The average Bonchev–Trinajstić information content (AvgIpc) is 2.89. The highest BCUT2D eigenvalue weighted by Gasteiger charge is 2.15. The van der Waals surface area contributed by atoms with Crippen molar-refractivity contribution in [2.75, 3.05) is 23.4 Å². The molecule has 2 nitrogen and oxygen atoms in total. The third-order valence-corrected chi connectivity index (χ3v) is 4.73. The number of anilines is 1. The molecule has 1 N–H and O–H groups in total. The van der Waals surface area contributed by atoms with Gasteiger partial charge in [-0.25, -0.2) is 4.98 Å². The van der Waals surface area contributed by atoms with Crippen LogP contribution in [-0.4, -0.2) is 23.0 Å². The first-order valence-electron chi connectivity index (χ1n) is 6.51. The number of nitrogens with one attached hydrogen (secondary N) is 1. The van der Waals surface area contributed by atoms with E-state index in [1.165, 1.54) is 28.9 Å². The molecule has 1 aliphatic heterocycles. The van der Waals surface area contributed by atoms with Crippen LogP contribution < -0.4 is 5.32 Å². The molecule has 0 amide bonds. The van der Waals surface area contributed by atoms with Gasteiger partial charge in [-0.1, -0.05) is 18.2 Å². The molecule has 1 saturated heterocycles. The monoisotopic (exact) mass is 258 g/mol. The molecule has 3 rings (SSSR count). The summed E-state index contributed by atoms with van der Waals surface area (Å²) >= 11 is 2.06. The summed E-state index contributed by atoms with van der Waals surface area (Å²) in [7, 11) is 0. The zero-order valence-electron chi connectivity index (χ0n) is 10.6. The van der Waals surface area contributed by atoms with Gasteiger partial charge in [-0.05, 0) is 48.5 Å². The Balaban J connectivity index is 1.80. The maximum absolute atomic E-state index is 4.72. The molecule has 18 heavy (non-hydrogen) atoms. The van der Waals surface area contributed by atoms with Gasteiger partial charge in [0.1, 0.15) is 5.82 Å². The van der Waals surface area contributed by atoms with Gasteiger partial charge in [0.25, 0.3) is 0 Å². The number of thioether (sulfide) groups is 1. The lowest BCUT2D eigenvalue weighted by atomic mass is 10.1. The van der Waals surface area contributed by atoms with E-state index in [1.54, 1.807) is 0 Å². The number of aryl methyl sites for hydroxylation is 1. The average molecular weight is 258 g/mol. The molecule has 2 heterocycles. The fourth-order valence-electron chi connectivity index (χ4n) is 2.39. The number of hydrogen-bond acceptors (Lipinski definition) is 3. The number of para-hydroxylation sites is 1. The minimum absolute atomic E-state index is 0.808. The van der Waals surface area contributed by atoms with Crippen LogP contribution in [0, 0.1) is 12.8 Å². The van der Waals surface area contributed by atoms with Gasteiger partial charge in [-0.2, -0.15) is 11.8 Å². The number of aromatic nitrogens is 1. The first-order chi connectivity index (χ1) is 8.83. The minimum Gasteiger partial charge on any atom is -0.370 e. The van der Waals surface area contributed by atoms with E-state index >= 15 is 0 Å². The Bertz CT molecular complexity index is 547. The van der Waals surface area contributed by atoms with E-state index in [0.29, 0.717) is 0 Å². The topological polar surface area (TPSA) is 24.9 Å². The Morgan fingerprint density at radius 2 is 2.28 bits per heavy atom. The Morgan fingerprint density at radius 1 is 1.39 bits per heavy atom. The molecule has 3 heteroatoms. The molecular weight excluding hydrogens is 240 g/mol. The summed E-state index contributed by atoms with van der Waals surface area (Å²) in [5.74, 6) is 4.46. The van der Waals surface area contributed by atoms with Gasteiger partial charge in [-0.3, -0.25) is 0 Å². The summed E-state index contributed by atoms with van der Waals surface area (Å²) in [4.78, 5) is 4.72. The summed E-state index contributed by atoms with van der Waals surface area (Å²) in [5, 5.41) is 4.74. The minimum atomic E-state index is 0.808. The number of nitrogens with zero attached hydrogens (tertiary/aromatic N) is 1. The van der Waals surface area contributed by atoms with Crippen LogP contribution in [0.2, 0.25) is 0 Å². The van der Waals surface area contributed by atoms with Crippen molar-refractivity contribution in [3.05, 3.63) is 35.9 Å². The number of hydrogen-bond donors (Lipinski definition) is 1. The molecule has 0 aliphatic carbocycles. The maximum Gasteiger partial charge on any atom is 0.129 e. The van der Waals surface area contributed by atoms with Crippen LogP contribution in [-0.2, 0) is 0 Å². The second-order valence-corrected chi connectivity index (χ2v) is 6.11. The highest BCUT2D eigenvalue weighted by Crippen LogP contribution is 2.25. The highest BCUT2D eigenvalue weighted by atomic mass is 32.2. The molecule has 2 aromatic rings. The predicted octanol–water partition coefficient (Wildman–Crippen LogP) is 3.71. The van der Waals surface area contributed by atoms with Gasteiger partial charge in [0, 0.05) is 11.9 Å². The van der Waals surface area contributed by atoms with Gasteiger partial charge in [-0.15, -0.1) is 0 Å². The van der Waals surface area contributed by atoms with Crippen molar-refractivity contribution in [3.8, 4) is 0 Å². The molecule has 94 valence electrons. The zero-order valence-corrected chi connectivity index (χ0v) is 11.5. The van der Waals surface area contributed by atoms with Crippen LogP contribution in [0.25, 0.3) is 10.9 Å². The fourth-order valence-corrected chi connectivity index (χ4v) is 3.67. The Kier molecular flexibility index (Phi) is 3.41. The Labute approximate surface area is 112 Å². The lowest BCUT2D eigenvalue weighted by molar-refractivity contribution is 0.630. The normalized spacial score (nSPS) is 19.3. The molecule has 1 fully saturated rings. The van der Waals surface area contributed by atoms with Crippen molar-refractivity contribution in [1.29, 1.82) is 0 Å². The van der Waals surface area contributed by atoms with E-state index in [2.05, 4.69) is 48.3 Å². The highest BCUT2D eigenvalue weighted by molar-refractivity contribution is 7.99. The maximum atomic E-state index is 4.72. The van der Waals surface area contributed by atoms with Crippen molar-refractivity contribution >= 4 is 28.5 Å². The lowest BCUT2D eigenvalue weighted by Gasteiger charge is -2.13. The van der Waals surface area contributed by atoms with Crippen LogP contribution >= 0.6 is 11.8 Å². The molecule has 0 radical (unpaired) electrons. The molecule has 0 saturated carbocycles. The van der Waals surface area contributed by atoms with E-state index in [1.807, 2.05) is 6.07 Å². The molecule has 1 aliphatic rings. The van der Waals surface area contributed by atoms with E-state index in [0.717, 1.165) is 23.8 Å². The number of benzene rings is 1. The summed E-state index contributed by atoms with van der Waals surface area (Å²) in [6, 6.07) is 10.5. The molecule has 0 bridgehead atoms. The molecule has 1 aromatic carbocycles. The van der Waals surface area contributed by atoms with Gasteiger partial charge < -0.3 is 5.32 Å². The first-order valence-corrected chi connectivity index (χ1v) is 7.66. The van der Waals surface area contributed by atoms with Gasteiger partial charge in [0.15, 0.2) is 0 Å². The zero-order chi connectivity index (χ0) is 12.4. The van der Waals surface area contributed by atoms with Crippen LogP contribution in [0.15, 0.2) is 30.3 Å². The van der Waals surface area contributed by atoms with Crippen LogP contribution in [0.5, 0.6) is 0 Å². The third-order valence-electron chi connectivity index (χ3n) is 3.50.